The fourth-order valence-corrected chi connectivity index (χ4v) is 2.88. The third-order valence-corrected chi connectivity index (χ3v) is 4.37. The average Bonchev–Trinajstić information content (AvgIpc) is 2.65. The molecule has 0 saturated carbocycles. The lowest BCUT2D eigenvalue weighted by Gasteiger charge is -2.23. The number of likely N-dealkylation sites (N-methyl/N-ethyl adjacent to an activating group) is 2. The van der Waals surface area contributed by atoms with E-state index in [-0.39, 0.29) is 11.1 Å². The molecule has 0 aromatic heterocycles. The maximum Gasteiger partial charge on any atom is 0.338 e. The van der Waals surface area contributed by atoms with Crippen LogP contribution in [-0.4, -0.2) is 61.3 Å². The molecule has 2 aromatic rings. The average molecular weight is 371 g/mol. The molecule has 7 nitrogen and oxygen atoms in total. The number of hydrogen-bond acceptors (Lipinski definition) is 5. The number of carbonyl (C=O) groups is 2. The number of hydrogen-bond donors (Lipinski definition) is 3. The van der Waals surface area contributed by atoms with Crippen LogP contribution in [0.5, 0.6) is 0 Å². The van der Waals surface area contributed by atoms with Gasteiger partial charge in [0.25, 0.3) is 0 Å². The number of carboxylic acids is 2. The van der Waals surface area contributed by atoms with Gasteiger partial charge >= 0.3 is 11.9 Å². The van der Waals surface area contributed by atoms with E-state index in [9.17, 15) is 19.8 Å². The molecule has 0 unspecified atom stereocenters. The number of rotatable bonds is 9. The largest absolute Gasteiger partial charge is 0.478 e. The minimum absolute atomic E-state index is 0.219. The first-order valence-electron chi connectivity index (χ1n) is 8.60. The molecule has 0 fully saturated rings. The van der Waals surface area contributed by atoms with Gasteiger partial charge < -0.3 is 25.3 Å². The van der Waals surface area contributed by atoms with E-state index in [1.54, 1.807) is 24.1 Å². The lowest BCUT2D eigenvalue weighted by Crippen LogP contribution is -2.26. The van der Waals surface area contributed by atoms with Crippen molar-refractivity contribution < 1.29 is 19.8 Å². The fraction of sp³-hybridized carbons (Fsp3) is 0.300. The summed E-state index contributed by atoms with van der Waals surface area (Å²) >= 11 is 0. The Bertz CT molecular complexity index is 805. The first-order valence-corrected chi connectivity index (χ1v) is 8.60. The van der Waals surface area contributed by atoms with E-state index in [1.807, 2.05) is 38.4 Å². The number of nitrogens with zero attached hydrogens (tertiary/aromatic N) is 2. The lowest BCUT2D eigenvalue weighted by molar-refractivity contribution is 0.0652. The van der Waals surface area contributed by atoms with Crippen LogP contribution in [0.4, 0.5) is 11.4 Å². The van der Waals surface area contributed by atoms with Crippen LogP contribution >= 0.6 is 0 Å². The minimum atomic E-state index is -1.27. The number of anilines is 2. The van der Waals surface area contributed by atoms with Gasteiger partial charge in [0.2, 0.25) is 0 Å². The quantitative estimate of drug-likeness (QED) is 0.623. The molecule has 7 heteroatoms. The third kappa shape index (κ3) is 5.06. The highest BCUT2D eigenvalue weighted by Crippen LogP contribution is 2.29. The second-order valence-electron chi connectivity index (χ2n) is 6.38. The molecule has 27 heavy (non-hydrogen) atoms. The Balaban J connectivity index is 2.26. The van der Waals surface area contributed by atoms with E-state index in [0.717, 1.165) is 30.9 Å². The summed E-state index contributed by atoms with van der Waals surface area (Å²) in [4.78, 5) is 26.9. The van der Waals surface area contributed by atoms with Crippen molar-refractivity contribution in [1.82, 2.24) is 10.2 Å². The van der Waals surface area contributed by atoms with Gasteiger partial charge in [-0.2, -0.15) is 0 Å². The Kier molecular flexibility index (Phi) is 6.92. The molecule has 0 aliphatic heterocycles. The monoisotopic (exact) mass is 371 g/mol. The Labute approximate surface area is 158 Å². The number of carboxylic acid groups (broad SMARTS) is 2. The standard InChI is InChI=1S/C20H25N3O4/c1-21-11-12-22(2)13-14-7-9-15(10-8-14)23(3)17-6-4-5-16(19(24)25)18(17)20(26)27/h4-10,21H,11-13H2,1-3H3,(H,24,25)(H,26,27). The van der Waals surface area contributed by atoms with E-state index < -0.39 is 11.9 Å². The van der Waals surface area contributed by atoms with Crippen molar-refractivity contribution >= 4 is 23.3 Å². The summed E-state index contributed by atoms with van der Waals surface area (Å²) in [6, 6.07) is 12.2. The van der Waals surface area contributed by atoms with Crippen LogP contribution in [-0.2, 0) is 6.54 Å². The molecule has 2 aromatic carbocycles. The van der Waals surface area contributed by atoms with Crippen LogP contribution in [0.25, 0.3) is 0 Å². The summed E-state index contributed by atoms with van der Waals surface area (Å²) in [6.07, 6.45) is 0. The number of nitrogens with one attached hydrogen (secondary N) is 1. The van der Waals surface area contributed by atoms with Crippen LogP contribution in [0.2, 0.25) is 0 Å². The van der Waals surface area contributed by atoms with Crippen molar-refractivity contribution in [2.45, 2.75) is 6.54 Å². The zero-order valence-corrected chi connectivity index (χ0v) is 15.8. The normalized spacial score (nSPS) is 10.8. The van der Waals surface area contributed by atoms with Crippen molar-refractivity contribution in [3.05, 3.63) is 59.2 Å². The van der Waals surface area contributed by atoms with Crippen molar-refractivity contribution in [3.8, 4) is 0 Å². The van der Waals surface area contributed by atoms with Gasteiger partial charge in [0.1, 0.15) is 0 Å². The van der Waals surface area contributed by atoms with E-state index in [0.29, 0.717) is 5.69 Å². The van der Waals surface area contributed by atoms with E-state index >= 15 is 0 Å². The molecule has 0 spiro atoms. The summed E-state index contributed by atoms with van der Waals surface area (Å²) in [6.45, 7) is 2.65. The van der Waals surface area contributed by atoms with Gasteiger partial charge in [-0.05, 0) is 43.9 Å². The molecule has 2 rings (SSSR count). The Hall–Kier alpha value is -2.90. The number of benzene rings is 2. The molecule has 0 aliphatic rings. The highest BCUT2D eigenvalue weighted by Gasteiger charge is 2.22. The van der Waals surface area contributed by atoms with E-state index in [1.165, 1.54) is 6.07 Å². The van der Waals surface area contributed by atoms with E-state index in [4.69, 9.17) is 0 Å². The van der Waals surface area contributed by atoms with Crippen molar-refractivity contribution in [2.24, 2.45) is 0 Å². The van der Waals surface area contributed by atoms with Gasteiger partial charge in [0.15, 0.2) is 0 Å². The van der Waals surface area contributed by atoms with Gasteiger partial charge in [-0.15, -0.1) is 0 Å². The van der Waals surface area contributed by atoms with Crippen LogP contribution in [0, 0.1) is 0 Å². The van der Waals surface area contributed by atoms with Crippen molar-refractivity contribution in [3.63, 3.8) is 0 Å². The van der Waals surface area contributed by atoms with Crippen LogP contribution in [0.15, 0.2) is 42.5 Å². The summed E-state index contributed by atoms with van der Waals surface area (Å²) < 4.78 is 0. The maximum atomic E-state index is 11.6. The van der Waals surface area contributed by atoms with Crippen molar-refractivity contribution in [1.29, 1.82) is 0 Å². The highest BCUT2D eigenvalue weighted by atomic mass is 16.4. The summed E-state index contributed by atoms with van der Waals surface area (Å²) in [7, 11) is 5.69. The van der Waals surface area contributed by atoms with Crippen molar-refractivity contribution in [2.75, 3.05) is 39.1 Å². The van der Waals surface area contributed by atoms with E-state index in [2.05, 4.69) is 10.2 Å². The third-order valence-electron chi connectivity index (χ3n) is 4.37. The smallest absolute Gasteiger partial charge is 0.338 e. The van der Waals surface area contributed by atoms with Gasteiger partial charge in [-0.3, -0.25) is 0 Å². The zero-order valence-electron chi connectivity index (χ0n) is 15.8. The highest BCUT2D eigenvalue weighted by molar-refractivity contribution is 6.06. The molecule has 0 bridgehead atoms. The molecule has 0 amide bonds. The minimum Gasteiger partial charge on any atom is -0.478 e. The second kappa shape index (κ2) is 9.16. The predicted molar refractivity (Wildman–Crippen MR) is 105 cm³/mol. The molecule has 0 saturated heterocycles. The molecule has 144 valence electrons. The Morgan fingerprint density at radius 2 is 1.67 bits per heavy atom. The lowest BCUT2D eigenvalue weighted by atomic mass is 10.0. The predicted octanol–water partition coefficient (Wildman–Crippen LogP) is 2.50. The zero-order chi connectivity index (χ0) is 20.0. The second-order valence-corrected chi connectivity index (χ2v) is 6.38. The molecule has 0 aliphatic carbocycles. The molecule has 0 heterocycles. The Morgan fingerprint density at radius 3 is 2.22 bits per heavy atom. The van der Waals surface area contributed by atoms with Gasteiger partial charge in [-0.1, -0.05) is 18.2 Å². The molecular formula is C20H25N3O4. The van der Waals surface area contributed by atoms with Crippen LogP contribution < -0.4 is 10.2 Å². The molecule has 0 atom stereocenters. The number of aromatic carboxylic acids is 2. The summed E-state index contributed by atoms with van der Waals surface area (Å²) in [5.41, 5.74) is 1.81. The molecular weight excluding hydrogens is 346 g/mol. The topological polar surface area (TPSA) is 93.1 Å². The summed E-state index contributed by atoms with van der Waals surface area (Å²) in [5, 5.41) is 21.9. The van der Waals surface area contributed by atoms with Gasteiger partial charge in [-0.25, -0.2) is 9.59 Å². The SMILES string of the molecule is CNCCN(C)Cc1ccc(N(C)c2cccc(C(=O)O)c2C(=O)O)cc1. The maximum absolute atomic E-state index is 11.6. The molecule has 3 N–H and O–H groups in total. The van der Waals surface area contributed by atoms with Crippen LogP contribution in [0.3, 0.4) is 0 Å². The van der Waals surface area contributed by atoms with Gasteiger partial charge in [0, 0.05) is 32.4 Å². The first kappa shape index (κ1) is 20.4. The fourth-order valence-electron chi connectivity index (χ4n) is 2.88. The van der Waals surface area contributed by atoms with Gasteiger partial charge in [0.05, 0.1) is 16.8 Å². The first-order chi connectivity index (χ1) is 12.8. The Morgan fingerprint density at radius 1 is 1.00 bits per heavy atom. The summed E-state index contributed by atoms with van der Waals surface area (Å²) in [5.74, 6) is -2.53. The molecule has 0 radical (unpaired) electrons. The van der Waals surface area contributed by atoms with Crippen LogP contribution in [0.1, 0.15) is 26.3 Å².